The van der Waals surface area contributed by atoms with Gasteiger partial charge in [0.15, 0.2) is 0 Å². The molecule has 1 unspecified atom stereocenters. The first-order valence-corrected chi connectivity index (χ1v) is 5.12. The molecule has 0 fully saturated rings. The summed E-state index contributed by atoms with van der Waals surface area (Å²) >= 11 is 0. The highest BCUT2D eigenvalue weighted by Crippen LogP contribution is 2.06. The van der Waals surface area contributed by atoms with Crippen LogP contribution in [0, 0.1) is 5.92 Å². The van der Waals surface area contributed by atoms with Crippen LogP contribution in [0.1, 0.15) is 19.2 Å². The van der Waals surface area contributed by atoms with Crippen LogP contribution in [0.4, 0.5) is 0 Å². The molecule has 0 bridgehead atoms. The van der Waals surface area contributed by atoms with Crippen LogP contribution >= 0.6 is 0 Å². The van der Waals surface area contributed by atoms with Crippen LogP contribution in [0.2, 0.25) is 0 Å². The molecule has 0 saturated carbocycles. The fraction of sp³-hybridized carbons (Fsp3) is 0.600. The van der Waals surface area contributed by atoms with Crippen molar-refractivity contribution in [3.8, 4) is 0 Å². The van der Waals surface area contributed by atoms with Gasteiger partial charge in [-0.15, -0.1) is 0 Å². The number of aromatic amines is 1. The maximum Gasteiger partial charge on any atom is 0.227 e. The summed E-state index contributed by atoms with van der Waals surface area (Å²) in [5, 5.41) is 0. The van der Waals surface area contributed by atoms with Crippen molar-refractivity contribution in [1.29, 1.82) is 0 Å². The fourth-order valence-electron chi connectivity index (χ4n) is 1.44. The van der Waals surface area contributed by atoms with E-state index in [-0.39, 0.29) is 11.8 Å². The fourth-order valence-corrected chi connectivity index (χ4v) is 1.44. The van der Waals surface area contributed by atoms with Crippen LogP contribution in [-0.2, 0) is 11.3 Å². The van der Waals surface area contributed by atoms with Crippen molar-refractivity contribution in [3.63, 3.8) is 0 Å². The molecule has 1 aromatic rings. The van der Waals surface area contributed by atoms with Crippen LogP contribution in [0.15, 0.2) is 12.4 Å². The first kappa shape index (κ1) is 11.7. The lowest BCUT2D eigenvalue weighted by Gasteiger charge is -2.21. The van der Waals surface area contributed by atoms with Crippen LogP contribution in [-0.4, -0.2) is 34.4 Å². The third-order valence-electron chi connectivity index (χ3n) is 2.44. The monoisotopic (exact) mass is 210 g/mol. The Morgan fingerprint density at radius 3 is 2.93 bits per heavy atom. The van der Waals surface area contributed by atoms with Crippen molar-refractivity contribution < 1.29 is 4.79 Å². The predicted octanol–water partition coefficient (Wildman–Crippen LogP) is 0.353. The Labute approximate surface area is 89.7 Å². The van der Waals surface area contributed by atoms with E-state index in [1.165, 1.54) is 0 Å². The molecule has 3 N–H and O–H groups in total. The van der Waals surface area contributed by atoms with E-state index < -0.39 is 0 Å². The number of nitrogens with one attached hydrogen (secondary N) is 1. The highest BCUT2D eigenvalue weighted by Gasteiger charge is 2.19. The second kappa shape index (κ2) is 5.50. The summed E-state index contributed by atoms with van der Waals surface area (Å²) in [6.07, 6.45) is 4.19. The zero-order valence-corrected chi connectivity index (χ0v) is 9.23. The number of carbonyl (C=O) groups excluding carboxylic acids is 1. The molecule has 0 aromatic carbocycles. The molecule has 1 atom stereocenters. The van der Waals surface area contributed by atoms with E-state index in [2.05, 4.69) is 9.97 Å². The van der Waals surface area contributed by atoms with Gasteiger partial charge >= 0.3 is 0 Å². The number of carbonyl (C=O) groups is 1. The third kappa shape index (κ3) is 3.06. The molecule has 84 valence electrons. The van der Waals surface area contributed by atoms with E-state index in [0.717, 1.165) is 12.2 Å². The van der Waals surface area contributed by atoms with E-state index in [4.69, 9.17) is 5.73 Å². The quantitative estimate of drug-likeness (QED) is 0.736. The molecule has 1 amide bonds. The van der Waals surface area contributed by atoms with Gasteiger partial charge in [0.1, 0.15) is 5.82 Å². The Balaban J connectivity index is 2.53. The van der Waals surface area contributed by atoms with Crippen molar-refractivity contribution in [2.24, 2.45) is 11.7 Å². The number of nitrogens with zero attached hydrogens (tertiary/aromatic N) is 2. The SMILES string of the molecule is CCC(CN)C(=O)N(C)Cc1ncc[nH]1. The van der Waals surface area contributed by atoms with Crippen molar-refractivity contribution in [1.82, 2.24) is 14.9 Å². The van der Waals surface area contributed by atoms with Crippen LogP contribution in [0.5, 0.6) is 0 Å². The topological polar surface area (TPSA) is 75.0 Å². The second-order valence-corrected chi connectivity index (χ2v) is 3.57. The van der Waals surface area contributed by atoms with Gasteiger partial charge in [-0.1, -0.05) is 6.92 Å². The Bertz CT molecular complexity index is 292. The standard InChI is InChI=1S/C10H18N4O/c1-3-8(6-11)10(15)14(2)7-9-12-4-5-13-9/h4-5,8H,3,6-7,11H2,1-2H3,(H,12,13). The average Bonchev–Trinajstić information content (AvgIpc) is 2.72. The molecule has 0 spiro atoms. The molecule has 0 saturated heterocycles. The first-order valence-electron chi connectivity index (χ1n) is 5.12. The first-order chi connectivity index (χ1) is 7.19. The minimum absolute atomic E-state index is 0.0787. The molecule has 0 aliphatic heterocycles. The van der Waals surface area contributed by atoms with Gasteiger partial charge in [0.2, 0.25) is 5.91 Å². The molecular formula is C10H18N4O. The number of hydrogen-bond donors (Lipinski definition) is 2. The van der Waals surface area contributed by atoms with Crippen LogP contribution in [0.3, 0.4) is 0 Å². The summed E-state index contributed by atoms with van der Waals surface area (Å²) in [4.78, 5) is 20.5. The average molecular weight is 210 g/mol. The van der Waals surface area contributed by atoms with Crippen molar-refractivity contribution >= 4 is 5.91 Å². The normalized spacial score (nSPS) is 12.5. The maximum absolute atomic E-state index is 11.8. The Morgan fingerprint density at radius 1 is 1.73 bits per heavy atom. The van der Waals surface area contributed by atoms with E-state index in [1.807, 2.05) is 6.92 Å². The Hall–Kier alpha value is -1.36. The van der Waals surface area contributed by atoms with Gasteiger partial charge in [0.05, 0.1) is 12.5 Å². The molecule has 0 aliphatic carbocycles. The molecule has 1 aromatic heterocycles. The maximum atomic E-state index is 11.8. The highest BCUT2D eigenvalue weighted by molar-refractivity contribution is 5.78. The summed E-state index contributed by atoms with van der Waals surface area (Å²) in [6.45, 7) is 2.87. The number of hydrogen-bond acceptors (Lipinski definition) is 3. The number of amides is 1. The van der Waals surface area contributed by atoms with E-state index in [0.29, 0.717) is 13.1 Å². The van der Waals surface area contributed by atoms with E-state index in [1.54, 1.807) is 24.3 Å². The lowest BCUT2D eigenvalue weighted by atomic mass is 10.1. The number of rotatable bonds is 5. The van der Waals surface area contributed by atoms with Crippen LogP contribution in [0.25, 0.3) is 0 Å². The zero-order chi connectivity index (χ0) is 11.3. The summed E-state index contributed by atoms with van der Waals surface area (Å²) in [5.41, 5.74) is 5.52. The molecule has 1 heterocycles. The van der Waals surface area contributed by atoms with Crippen molar-refractivity contribution in [2.75, 3.05) is 13.6 Å². The predicted molar refractivity (Wildman–Crippen MR) is 57.9 cm³/mol. The van der Waals surface area contributed by atoms with Crippen molar-refractivity contribution in [3.05, 3.63) is 18.2 Å². The molecular weight excluding hydrogens is 192 g/mol. The van der Waals surface area contributed by atoms with Crippen molar-refractivity contribution in [2.45, 2.75) is 19.9 Å². The van der Waals surface area contributed by atoms with E-state index in [9.17, 15) is 4.79 Å². The minimum Gasteiger partial charge on any atom is -0.347 e. The van der Waals surface area contributed by atoms with Gasteiger partial charge in [-0.2, -0.15) is 0 Å². The molecule has 1 rings (SSSR count). The number of imidazole rings is 1. The Morgan fingerprint density at radius 2 is 2.47 bits per heavy atom. The third-order valence-corrected chi connectivity index (χ3v) is 2.44. The molecule has 15 heavy (non-hydrogen) atoms. The van der Waals surface area contributed by atoms with Gasteiger partial charge < -0.3 is 15.6 Å². The van der Waals surface area contributed by atoms with E-state index >= 15 is 0 Å². The summed E-state index contributed by atoms with van der Waals surface area (Å²) in [5.74, 6) is 0.791. The summed E-state index contributed by atoms with van der Waals surface area (Å²) in [6, 6.07) is 0. The van der Waals surface area contributed by atoms with Gasteiger partial charge in [-0.05, 0) is 6.42 Å². The smallest absolute Gasteiger partial charge is 0.227 e. The summed E-state index contributed by atoms with van der Waals surface area (Å²) < 4.78 is 0. The Kier molecular flexibility index (Phi) is 4.30. The zero-order valence-electron chi connectivity index (χ0n) is 9.23. The molecule has 5 heteroatoms. The number of aromatic nitrogens is 2. The van der Waals surface area contributed by atoms with Gasteiger partial charge in [0, 0.05) is 26.0 Å². The highest BCUT2D eigenvalue weighted by atomic mass is 16.2. The molecule has 5 nitrogen and oxygen atoms in total. The minimum atomic E-state index is -0.0787. The van der Waals surface area contributed by atoms with Gasteiger partial charge in [0.25, 0.3) is 0 Å². The largest absolute Gasteiger partial charge is 0.347 e. The van der Waals surface area contributed by atoms with Gasteiger partial charge in [-0.25, -0.2) is 4.98 Å². The summed E-state index contributed by atoms with van der Waals surface area (Å²) in [7, 11) is 1.77. The second-order valence-electron chi connectivity index (χ2n) is 3.57. The van der Waals surface area contributed by atoms with Gasteiger partial charge in [-0.3, -0.25) is 4.79 Å². The lowest BCUT2D eigenvalue weighted by molar-refractivity contribution is -0.134. The number of nitrogens with two attached hydrogens (primary N) is 1. The molecule has 0 aliphatic rings. The van der Waals surface area contributed by atoms with Crippen LogP contribution < -0.4 is 5.73 Å². The molecule has 0 radical (unpaired) electrons. The lowest BCUT2D eigenvalue weighted by Crippen LogP contribution is -2.36. The number of H-pyrrole nitrogens is 1.